The molecule has 146 valence electrons. The summed E-state index contributed by atoms with van der Waals surface area (Å²) in [4.78, 5) is 14.1. The Balaban J connectivity index is 2.26. The minimum atomic E-state index is -3.78. The summed E-state index contributed by atoms with van der Waals surface area (Å²) in [6.45, 7) is 1.24. The van der Waals surface area contributed by atoms with E-state index < -0.39 is 10.0 Å². The topological polar surface area (TPSA) is 79.0 Å². The summed E-state index contributed by atoms with van der Waals surface area (Å²) in [6, 6.07) is 12.8. The number of hydrogen-bond acceptors (Lipinski definition) is 5. The highest BCUT2D eigenvalue weighted by Crippen LogP contribution is 2.30. The van der Waals surface area contributed by atoms with Crippen molar-refractivity contribution < 1.29 is 17.9 Å². The van der Waals surface area contributed by atoms with Gasteiger partial charge in [-0.1, -0.05) is 12.1 Å². The van der Waals surface area contributed by atoms with Crippen molar-refractivity contribution in [1.29, 1.82) is 0 Å². The number of carbonyl (C=O) groups is 1. The third-order valence-corrected chi connectivity index (χ3v) is 6.01. The van der Waals surface area contributed by atoms with Crippen molar-refractivity contribution in [3.8, 4) is 5.75 Å². The van der Waals surface area contributed by atoms with Crippen LogP contribution in [0.2, 0.25) is 0 Å². The van der Waals surface area contributed by atoms with Gasteiger partial charge in [0.05, 0.1) is 17.7 Å². The standard InChI is InChI=1S/C19H25N3O4S/c1-20-13-14-21(2)19(23)15-9-11-16(12-10-15)27(24,25)22(3)17-7-5-6-8-18(17)26-4/h5-12,20H,13-14H2,1-4H3. The Bertz CT molecular complexity index is 882. The highest BCUT2D eigenvalue weighted by atomic mass is 32.2. The van der Waals surface area contributed by atoms with Crippen LogP contribution < -0.4 is 14.4 Å². The molecule has 2 aromatic rings. The molecule has 0 heterocycles. The van der Waals surface area contributed by atoms with Gasteiger partial charge in [0.25, 0.3) is 15.9 Å². The van der Waals surface area contributed by atoms with Crippen LogP contribution in [-0.2, 0) is 10.0 Å². The first-order chi connectivity index (χ1) is 12.8. The van der Waals surface area contributed by atoms with Crippen molar-refractivity contribution in [2.75, 3.05) is 45.6 Å². The van der Waals surface area contributed by atoms with E-state index in [1.54, 1.807) is 36.2 Å². The predicted molar refractivity (Wildman–Crippen MR) is 106 cm³/mol. The Morgan fingerprint density at radius 1 is 1.07 bits per heavy atom. The van der Waals surface area contributed by atoms with E-state index >= 15 is 0 Å². The largest absolute Gasteiger partial charge is 0.495 e. The zero-order valence-electron chi connectivity index (χ0n) is 16.0. The van der Waals surface area contributed by atoms with Gasteiger partial charge in [-0.2, -0.15) is 0 Å². The maximum absolute atomic E-state index is 12.9. The lowest BCUT2D eigenvalue weighted by Crippen LogP contribution is -2.32. The average molecular weight is 391 g/mol. The summed E-state index contributed by atoms with van der Waals surface area (Å²) in [5.41, 5.74) is 0.874. The summed E-state index contributed by atoms with van der Waals surface area (Å²) < 4.78 is 32.3. The van der Waals surface area contributed by atoms with Crippen LogP contribution in [0.1, 0.15) is 10.4 Å². The van der Waals surface area contributed by atoms with Crippen molar-refractivity contribution >= 4 is 21.6 Å². The van der Waals surface area contributed by atoms with Crippen molar-refractivity contribution in [3.05, 3.63) is 54.1 Å². The number of rotatable bonds is 8. The van der Waals surface area contributed by atoms with Gasteiger partial charge < -0.3 is 15.0 Å². The number of hydrogen-bond donors (Lipinski definition) is 1. The quantitative estimate of drug-likeness (QED) is 0.743. The van der Waals surface area contributed by atoms with E-state index in [1.807, 2.05) is 7.05 Å². The molecule has 7 nitrogen and oxygen atoms in total. The number of para-hydroxylation sites is 2. The molecular formula is C19H25N3O4S. The summed E-state index contributed by atoms with van der Waals surface area (Å²) in [5, 5.41) is 2.98. The van der Waals surface area contributed by atoms with E-state index in [2.05, 4.69) is 5.32 Å². The van der Waals surface area contributed by atoms with Gasteiger partial charge in [0, 0.05) is 32.7 Å². The highest BCUT2D eigenvalue weighted by molar-refractivity contribution is 7.92. The normalized spacial score (nSPS) is 11.1. The molecule has 27 heavy (non-hydrogen) atoms. The number of benzene rings is 2. The molecule has 0 unspecified atom stereocenters. The fraction of sp³-hybridized carbons (Fsp3) is 0.316. The second kappa shape index (κ2) is 8.88. The molecule has 0 aliphatic carbocycles. The molecule has 2 aromatic carbocycles. The molecule has 1 amide bonds. The highest BCUT2D eigenvalue weighted by Gasteiger charge is 2.24. The lowest BCUT2D eigenvalue weighted by molar-refractivity contribution is 0.0796. The third kappa shape index (κ3) is 4.58. The van der Waals surface area contributed by atoms with E-state index in [1.165, 1.54) is 42.7 Å². The average Bonchev–Trinajstić information content (AvgIpc) is 2.70. The fourth-order valence-corrected chi connectivity index (χ4v) is 3.75. The van der Waals surface area contributed by atoms with Crippen LogP contribution in [0.25, 0.3) is 0 Å². The van der Waals surface area contributed by atoms with E-state index in [0.29, 0.717) is 30.1 Å². The Labute approximate surface area is 160 Å². The molecule has 8 heteroatoms. The first-order valence-electron chi connectivity index (χ1n) is 8.45. The van der Waals surface area contributed by atoms with Gasteiger partial charge in [-0.25, -0.2) is 8.42 Å². The van der Waals surface area contributed by atoms with Crippen LogP contribution >= 0.6 is 0 Å². The molecule has 0 bridgehead atoms. The van der Waals surface area contributed by atoms with Gasteiger partial charge in [-0.3, -0.25) is 9.10 Å². The summed E-state index contributed by atoms with van der Waals surface area (Å²) in [6.07, 6.45) is 0. The van der Waals surface area contributed by atoms with Crippen molar-refractivity contribution in [1.82, 2.24) is 10.2 Å². The number of nitrogens with zero attached hydrogens (tertiary/aromatic N) is 2. The second-order valence-corrected chi connectivity index (χ2v) is 7.97. The summed E-state index contributed by atoms with van der Waals surface area (Å²) in [7, 11) is 2.70. The lowest BCUT2D eigenvalue weighted by Gasteiger charge is -2.22. The van der Waals surface area contributed by atoms with Crippen LogP contribution in [0, 0.1) is 0 Å². The number of amides is 1. The molecule has 0 radical (unpaired) electrons. The van der Waals surface area contributed by atoms with Crippen LogP contribution in [-0.4, -0.2) is 60.6 Å². The number of sulfonamides is 1. The number of anilines is 1. The number of nitrogens with one attached hydrogen (secondary N) is 1. The molecule has 0 saturated carbocycles. The van der Waals surface area contributed by atoms with E-state index in [-0.39, 0.29) is 10.8 Å². The SMILES string of the molecule is CNCCN(C)C(=O)c1ccc(S(=O)(=O)N(C)c2ccccc2OC)cc1. The molecule has 0 aromatic heterocycles. The third-order valence-electron chi connectivity index (χ3n) is 4.23. The van der Waals surface area contributed by atoms with Gasteiger partial charge in [0.15, 0.2) is 0 Å². The Morgan fingerprint density at radius 2 is 1.70 bits per heavy atom. The molecule has 2 rings (SSSR count). The lowest BCUT2D eigenvalue weighted by atomic mass is 10.2. The zero-order chi connectivity index (χ0) is 20.0. The maximum Gasteiger partial charge on any atom is 0.264 e. The smallest absolute Gasteiger partial charge is 0.264 e. The number of ether oxygens (including phenoxy) is 1. The van der Waals surface area contributed by atoms with Crippen molar-refractivity contribution in [2.24, 2.45) is 0 Å². The van der Waals surface area contributed by atoms with Gasteiger partial charge in [0.2, 0.25) is 0 Å². The molecule has 0 aliphatic rings. The van der Waals surface area contributed by atoms with Gasteiger partial charge >= 0.3 is 0 Å². The van der Waals surface area contributed by atoms with E-state index in [9.17, 15) is 13.2 Å². The van der Waals surface area contributed by atoms with Crippen molar-refractivity contribution in [2.45, 2.75) is 4.90 Å². The molecule has 1 N–H and O–H groups in total. The van der Waals surface area contributed by atoms with Gasteiger partial charge in [-0.05, 0) is 43.4 Å². The van der Waals surface area contributed by atoms with Crippen LogP contribution in [0.3, 0.4) is 0 Å². The van der Waals surface area contributed by atoms with Gasteiger partial charge in [0.1, 0.15) is 5.75 Å². The van der Waals surface area contributed by atoms with E-state index in [4.69, 9.17) is 4.74 Å². The van der Waals surface area contributed by atoms with Crippen LogP contribution in [0.15, 0.2) is 53.4 Å². The Kier molecular flexibility index (Phi) is 6.81. The van der Waals surface area contributed by atoms with Gasteiger partial charge in [-0.15, -0.1) is 0 Å². The maximum atomic E-state index is 12.9. The molecule has 0 spiro atoms. The number of likely N-dealkylation sites (N-methyl/N-ethyl adjacent to an activating group) is 2. The van der Waals surface area contributed by atoms with Crippen LogP contribution in [0.5, 0.6) is 5.75 Å². The molecule has 0 fully saturated rings. The van der Waals surface area contributed by atoms with Crippen LogP contribution in [0.4, 0.5) is 5.69 Å². The summed E-state index contributed by atoms with van der Waals surface area (Å²) in [5.74, 6) is 0.300. The Morgan fingerprint density at radius 3 is 2.30 bits per heavy atom. The molecule has 0 atom stereocenters. The molecule has 0 saturated heterocycles. The Hall–Kier alpha value is -2.58. The minimum Gasteiger partial charge on any atom is -0.495 e. The number of carbonyl (C=O) groups excluding carboxylic acids is 1. The van der Waals surface area contributed by atoms with E-state index in [0.717, 1.165) is 0 Å². The monoisotopic (exact) mass is 391 g/mol. The predicted octanol–water partition coefficient (Wildman–Crippen LogP) is 1.81. The van der Waals surface area contributed by atoms with Crippen molar-refractivity contribution in [3.63, 3.8) is 0 Å². The molecular weight excluding hydrogens is 366 g/mol. The number of methoxy groups -OCH3 is 1. The minimum absolute atomic E-state index is 0.102. The fourth-order valence-electron chi connectivity index (χ4n) is 2.55. The zero-order valence-corrected chi connectivity index (χ0v) is 16.8. The first kappa shape index (κ1) is 20.7. The first-order valence-corrected chi connectivity index (χ1v) is 9.89. The second-order valence-electron chi connectivity index (χ2n) is 6.00. The molecule has 0 aliphatic heterocycles. The summed E-state index contributed by atoms with van der Waals surface area (Å²) >= 11 is 0.